The summed E-state index contributed by atoms with van der Waals surface area (Å²) in [6, 6.07) is 4.85. The first-order valence-electron chi connectivity index (χ1n) is 10.2. The third kappa shape index (κ3) is 7.83. The summed E-state index contributed by atoms with van der Waals surface area (Å²) in [6.07, 6.45) is -0.577. The van der Waals surface area contributed by atoms with Gasteiger partial charge in [0.2, 0.25) is 5.95 Å². The van der Waals surface area contributed by atoms with Crippen LogP contribution in [-0.2, 0) is 19.1 Å². The van der Waals surface area contributed by atoms with Gasteiger partial charge in [-0.3, -0.25) is 24.2 Å². The number of aromatic nitrogens is 2. The number of nitrogens with zero attached hydrogens (tertiary/aromatic N) is 1. The van der Waals surface area contributed by atoms with E-state index in [2.05, 4.69) is 36.0 Å². The molecule has 2 atom stereocenters. The Hall–Kier alpha value is -3.36. The topological polar surface area (TPSA) is 218 Å². The van der Waals surface area contributed by atoms with Crippen LogP contribution in [0.1, 0.15) is 26.1 Å². The van der Waals surface area contributed by atoms with E-state index >= 15 is 0 Å². The van der Waals surface area contributed by atoms with Crippen LogP contribution in [0, 0.1) is 0 Å². The molecule has 0 radical (unpaired) electrons. The molecule has 1 amide bonds. The molecule has 1 aromatic heterocycles. The molecule has 2 aromatic rings. The number of carbonyl (C=O) groups is 4. The van der Waals surface area contributed by atoms with E-state index in [0.717, 1.165) is 0 Å². The van der Waals surface area contributed by atoms with Crippen LogP contribution < -0.4 is 32.6 Å². The standard InChI is InChI=1S/C20H23N7O7.Ca.2H/c21-20-26-16-15(18(31)27-20)24-12(8-23-16)7-22-11-3-1-10(2-4-11)17(30)25-13(19(32)33)5-6-14(29)34-9-28;;;/h1-4,9,12-13,22,24H,5-8H2,(H,25,30)(H,32,33)(H4,21,23,26,27,31);;;/q;+2;2*-1. The summed E-state index contributed by atoms with van der Waals surface area (Å²) in [4.78, 5) is 63.6. The van der Waals surface area contributed by atoms with Crippen molar-refractivity contribution in [3.63, 3.8) is 0 Å². The zero-order chi connectivity index (χ0) is 24.7. The fourth-order valence-electron chi connectivity index (χ4n) is 3.20. The summed E-state index contributed by atoms with van der Waals surface area (Å²) in [5, 5.41) is 20.9. The Morgan fingerprint density at radius 1 is 1.31 bits per heavy atom. The molecule has 0 saturated heterocycles. The number of carbonyl (C=O) groups excluding carboxylic acids is 3. The molecule has 0 saturated carbocycles. The molecule has 15 heteroatoms. The number of amides is 1. The Labute approximate surface area is 231 Å². The average molecular weight is 516 g/mol. The smallest absolute Gasteiger partial charge is 1.00 e. The van der Waals surface area contributed by atoms with Crippen LogP contribution in [0.4, 0.5) is 23.1 Å². The van der Waals surface area contributed by atoms with Gasteiger partial charge in [-0.2, -0.15) is 4.98 Å². The van der Waals surface area contributed by atoms with Gasteiger partial charge in [0.25, 0.3) is 11.5 Å². The maximum absolute atomic E-state index is 12.4. The van der Waals surface area contributed by atoms with Gasteiger partial charge in [-0.05, 0) is 30.7 Å². The number of ether oxygens (including phenoxy) is 1. The van der Waals surface area contributed by atoms with Gasteiger partial charge in [0.1, 0.15) is 11.7 Å². The van der Waals surface area contributed by atoms with Crippen molar-refractivity contribution < 1.29 is 31.9 Å². The summed E-state index contributed by atoms with van der Waals surface area (Å²) in [6.45, 7) is 0.895. The Bertz CT molecular complexity index is 1150. The number of esters is 1. The van der Waals surface area contributed by atoms with Crippen LogP contribution >= 0.6 is 0 Å². The van der Waals surface area contributed by atoms with Crippen molar-refractivity contribution in [2.24, 2.45) is 0 Å². The number of fused-ring (bicyclic) bond motifs is 1. The molecule has 1 aliphatic rings. The second kappa shape index (κ2) is 12.9. The largest absolute Gasteiger partial charge is 2.00 e. The van der Waals surface area contributed by atoms with Gasteiger partial charge in [0.05, 0.1) is 6.04 Å². The molecule has 0 spiro atoms. The van der Waals surface area contributed by atoms with Gasteiger partial charge >= 0.3 is 56.1 Å². The minimum atomic E-state index is -1.33. The fourth-order valence-corrected chi connectivity index (χ4v) is 3.20. The molecule has 1 aromatic carbocycles. The molecule has 35 heavy (non-hydrogen) atoms. The summed E-state index contributed by atoms with van der Waals surface area (Å²) >= 11 is 0. The number of anilines is 4. The maximum atomic E-state index is 12.4. The molecule has 0 fully saturated rings. The summed E-state index contributed by atoms with van der Waals surface area (Å²) in [5.41, 5.74) is 6.36. The number of aromatic amines is 1. The second-order valence-electron chi connectivity index (χ2n) is 7.34. The molecule has 184 valence electrons. The SMILES string of the molecule is Nc1nc2c(c(=O)[nH]1)NC(CNc1ccc(C(=O)NC(CCC(=O)OC=O)C(=O)O)cc1)CN2.[Ca+2].[H-].[H-]. The first kappa shape index (κ1) is 27.9. The molecule has 14 nitrogen and oxygen atoms in total. The third-order valence-electron chi connectivity index (χ3n) is 4.92. The van der Waals surface area contributed by atoms with Crippen LogP contribution in [0.3, 0.4) is 0 Å². The Kier molecular flexibility index (Phi) is 10.3. The number of hydrogen-bond donors (Lipinski definition) is 7. The van der Waals surface area contributed by atoms with Gasteiger partial charge in [-0.15, -0.1) is 0 Å². The molecule has 2 heterocycles. The number of H-pyrrole nitrogens is 1. The van der Waals surface area contributed by atoms with E-state index < -0.39 is 23.9 Å². The van der Waals surface area contributed by atoms with E-state index in [0.29, 0.717) is 30.3 Å². The number of rotatable bonds is 10. The van der Waals surface area contributed by atoms with Crippen molar-refractivity contribution in [1.29, 1.82) is 0 Å². The Balaban J connectivity index is 0.00000432. The zero-order valence-corrected chi connectivity index (χ0v) is 20.7. The number of benzene rings is 1. The molecular weight excluding hydrogens is 490 g/mol. The minimum Gasteiger partial charge on any atom is -1.00 e. The van der Waals surface area contributed by atoms with Crippen LogP contribution in [0.2, 0.25) is 0 Å². The van der Waals surface area contributed by atoms with Gasteiger partial charge in [0.15, 0.2) is 5.82 Å². The summed E-state index contributed by atoms with van der Waals surface area (Å²) in [7, 11) is 0. The van der Waals surface area contributed by atoms with Crippen LogP contribution in [0.5, 0.6) is 0 Å². The molecule has 0 bridgehead atoms. The van der Waals surface area contributed by atoms with E-state index in [1.807, 2.05) is 0 Å². The molecule has 1 aliphatic heterocycles. The van der Waals surface area contributed by atoms with Gasteiger partial charge in [0, 0.05) is 30.8 Å². The number of carboxylic acid groups (broad SMARTS) is 1. The van der Waals surface area contributed by atoms with Crippen molar-refractivity contribution in [3.8, 4) is 0 Å². The maximum Gasteiger partial charge on any atom is 2.00 e. The van der Waals surface area contributed by atoms with E-state index in [9.17, 15) is 29.1 Å². The van der Waals surface area contributed by atoms with Gasteiger partial charge < -0.3 is 39.7 Å². The Morgan fingerprint density at radius 2 is 2.03 bits per heavy atom. The normalized spacial score (nSPS) is 14.6. The first-order chi connectivity index (χ1) is 16.3. The molecule has 2 unspecified atom stereocenters. The minimum absolute atomic E-state index is 0. The van der Waals surface area contributed by atoms with Crippen molar-refractivity contribution in [3.05, 3.63) is 40.2 Å². The third-order valence-corrected chi connectivity index (χ3v) is 4.92. The number of nitrogen functional groups attached to an aromatic ring is 1. The summed E-state index contributed by atoms with van der Waals surface area (Å²) < 4.78 is 4.10. The van der Waals surface area contributed by atoms with Crippen molar-refractivity contribution >= 4 is 85.2 Å². The van der Waals surface area contributed by atoms with E-state index in [-0.39, 0.29) is 83.0 Å². The number of carboxylic acids is 1. The molecule has 3 rings (SSSR count). The molecule has 0 aliphatic carbocycles. The van der Waals surface area contributed by atoms with E-state index in [1.165, 1.54) is 12.1 Å². The van der Waals surface area contributed by atoms with Gasteiger partial charge in [-0.25, -0.2) is 4.79 Å². The number of nitrogens with two attached hydrogens (primary N) is 1. The summed E-state index contributed by atoms with van der Waals surface area (Å²) in [5.74, 6) is -2.44. The number of aliphatic carboxylic acids is 1. The zero-order valence-electron chi connectivity index (χ0n) is 20.5. The predicted molar refractivity (Wildman–Crippen MR) is 128 cm³/mol. The van der Waals surface area contributed by atoms with Gasteiger partial charge in [-0.1, -0.05) is 0 Å². The van der Waals surface area contributed by atoms with Crippen molar-refractivity contribution in [2.75, 3.05) is 34.8 Å². The van der Waals surface area contributed by atoms with Crippen molar-refractivity contribution in [2.45, 2.75) is 24.9 Å². The van der Waals surface area contributed by atoms with E-state index in [4.69, 9.17) is 5.73 Å². The first-order valence-corrected chi connectivity index (χ1v) is 10.2. The van der Waals surface area contributed by atoms with E-state index in [1.54, 1.807) is 12.1 Å². The van der Waals surface area contributed by atoms with Crippen molar-refractivity contribution in [1.82, 2.24) is 15.3 Å². The predicted octanol–water partition coefficient (Wildman–Crippen LogP) is -0.823. The monoisotopic (exact) mass is 515 g/mol. The number of nitrogens with one attached hydrogen (secondary N) is 5. The number of hydrogen-bond acceptors (Lipinski definition) is 11. The average Bonchev–Trinajstić information content (AvgIpc) is 2.80. The molecular formula is C20H25CaN7O7. The Morgan fingerprint density at radius 3 is 2.69 bits per heavy atom. The fraction of sp³-hybridized carbons (Fsp3) is 0.300. The van der Waals surface area contributed by atoms with Crippen LogP contribution in [-0.4, -0.2) is 102 Å². The quantitative estimate of drug-likeness (QED) is 0.0893. The second-order valence-corrected chi connectivity index (χ2v) is 7.34. The van der Waals surface area contributed by atoms with Crippen LogP contribution in [0.15, 0.2) is 29.1 Å². The van der Waals surface area contributed by atoms with Crippen LogP contribution in [0.25, 0.3) is 0 Å². The molecule has 8 N–H and O–H groups in total.